The Morgan fingerprint density at radius 1 is 1.73 bits per heavy atom. The molecule has 0 fully saturated rings. The standard InChI is InChI=1S/C8H15NOS/c1-4-8(2)9-6-5-7-11(3)10/h1,8-9H,5-7H2,2-3H3. The Morgan fingerprint density at radius 3 is 2.82 bits per heavy atom. The van der Waals surface area contributed by atoms with Gasteiger partial charge in [-0.1, -0.05) is 5.92 Å². The molecule has 1 N–H and O–H groups in total. The van der Waals surface area contributed by atoms with Gasteiger partial charge in [0.05, 0.1) is 6.04 Å². The quantitative estimate of drug-likeness (QED) is 0.480. The summed E-state index contributed by atoms with van der Waals surface area (Å²) in [6, 6.07) is 0.125. The zero-order chi connectivity index (χ0) is 8.69. The van der Waals surface area contributed by atoms with Crippen LogP contribution in [0.1, 0.15) is 13.3 Å². The normalized spacial score (nSPS) is 15.4. The lowest BCUT2D eigenvalue weighted by molar-refractivity contribution is 0.633. The van der Waals surface area contributed by atoms with Gasteiger partial charge in [0.25, 0.3) is 0 Å². The van der Waals surface area contributed by atoms with Crippen LogP contribution in [0.15, 0.2) is 0 Å². The molecule has 64 valence electrons. The summed E-state index contributed by atoms with van der Waals surface area (Å²) in [6.45, 7) is 2.79. The van der Waals surface area contributed by atoms with E-state index in [-0.39, 0.29) is 6.04 Å². The molecule has 0 aromatic rings. The molecule has 0 aromatic heterocycles. The van der Waals surface area contributed by atoms with Gasteiger partial charge in [0.2, 0.25) is 0 Å². The summed E-state index contributed by atoms with van der Waals surface area (Å²) in [5.74, 6) is 3.32. The lowest BCUT2D eigenvalue weighted by Gasteiger charge is -2.05. The van der Waals surface area contributed by atoms with Gasteiger partial charge in [0.1, 0.15) is 0 Å². The van der Waals surface area contributed by atoms with Gasteiger partial charge >= 0.3 is 0 Å². The first-order valence-corrected chi connectivity index (χ1v) is 5.39. The number of hydrogen-bond acceptors (Lipinski definition) is 2. The van der Waals surface area contributed by atoms with Gasteiger partial charge in [-0.2, -0.15) is 0 Å². The summed E-state index contributed by atoms with van der Waals surface area (Å²) in [4.78, 5) is 0. The first-order valence-electron chi connectivity index (χ1n) is 3.66. The maximum absolute atomic E-state index is 10.6. The fourth-order valence-electron chi connectivity index (χ4n) is 0.653. The Balaban J connectivity index is 3.16. The molecule has 11 heavy (non-hydrogen) atoms. The summed E-state index contributed by atoms with van der Waals surface area (Å²) in [6.07, 6.45) is 7.78. The van der Waals surface area contributed by atoms with Crippen molar-refractivity contribution in [3.05, 3.63) is 0 Å². The van der Waals surface area contributed by atoms with Gasteiger partial charge < -0.3 is 5.32 Å². The molecule has 0 amide bonds. The fourth-order valence-corrected chi connectivity index (χ4v) is 1.20. The van der Waals surface area contributed by atoms with Crippen molar-refractivity contribution in [1.29, 1.82) is 0 Å². The van der Waals surface area contributed by atoms with Crippen LogP contribution in [-0.4, -0.2) is 28.8 Å². The summed E-state index contributed by atoms with van der Waals surface area (Å²) in [7, 11) is -0.674. The average molecular weight is 173 g/mol. The third-order valence-electron chi connectivity index (χ3n) is 1.31. The van der Waals surface area contributed by atoms with E-state index in [9.17, 15) is 4.21 Å². The fraction of sp³-hybridized carbons (Fsp3) is 0.750. The topological polar surface area (TPSA) is 29.1 Å². The van der Waals surface area contributed by atoms with Crippen LogP contribution in [0.3, 0.4) is 0 Å². The van der Waals surface area contributed by atoms with E-state index in [1.807, 2.05) is 6.92 Å². The minimum Gasteiger partial charge on any atom is -0.304 e. The van der Waals surface area contributed by atoms with Crippen molar-refractivity contribution in [2.75, 3.05) is 18.6 Å². The first-order chi connectivity index (χ1) is 5.16. The largest absolute Gasteiger partial charge is 0.304 e. The molecule has 0 heterocycles. The molecule has 0 saturated heterocycles. The minimum atomic E-state index is -0.674. The number of hydrogen-bond donors (Lipinski definition) is 1. The minimum absolute atomic E-state index is 0.125. The van der Waals surface area contributed by atoms with E-state index >= 15 is 0 Å². The van der Waals surface area contributed by atoms with Crippen molar-refractivity contribution < 1.29 is 4.21 Å². The van der Waals surface area contributed by atoms with Crippen molar-refractivity contribution in [2.24, 2.45) is 0 Å². The zero-order valence-corrected chi connectivity index (χ0v) is 7.91. The van der Waals surface area contributed by atoms with E-state index in [0.717, 1.165) is 18.7 Å². The highest BCUT2D eigenvalue weighted by molar-refractivity contribution is 7.84. The highest BCUT2D eigenvalue weighted by Crippen LogP contribution is 1.83. The first kappa shape index (κ1) is 10.7. The van der Waals surface area contributed by atoms with E-state index in [0.29, 0.717) is 0 Å². The van der Waals surface area contributed by atoms with Crippen LogP contribution in [0.25, 0.3) is 0 Å². The molecule has 0 spiro atoms. The van der Waals surface area contributed by atoms with Gasteiger partial charge in [-0.3, -0.25) is 4.21 Å². The Kier molecular flexibility index (Phi) is 6.19. The van der Waals surface area contributed by atoms with Crippen molar-refractivity contribution >= 4 is 10.8 Å². The van der Waals surface area contributed by atoms with Gasteiger partial charge in [-0.25, -0.2) is 0 Å². The van der Waals surface area contributed by atoms with E-state index < -0.39 is 10.8 Å². The second-order valence-corrected chi connectivity index (χ2v) is 4.03. The molecule has 0 aromatic carbocycles. The third-order valence-corrected chi connectivity index (χ3v) is 2.17. The summed E-state index contributed by atoms with van der Waals surface area (Å²) in [5, 5.41) is 3.12. The van der Waals surface area contributed by atoms with Crippen LogP contribution in [-0.2, 0) is 10.8 Å². The molecule has 0 rings (SSSR count). The van der Waals surface area contributed by atoms with Crippen LogP contribution >= 0.6 is 0 Å². The predicted octanol–water partition coefficient (Wildman–Crippen LogP) is 0.366. The van der Waals surface area contributed by atoms with E-state index in [1.54, 1.807) is 6.26 Å². The second-order valence-electron chi connectivity index (χ2n) is 2.47. The maximum Gasteiger partial charge on any atom is 0.0658 e. The summed E-state index contributed by atoms with van der Waals surface area (Å²) >= 11 is 0. The van der Waals surface area contributed by atoms with Crippen LogP contribution in [0, 0.1) is 12.3 Å². The molecule has 0 bridgehead atoms. The van der Waals surface area contributed by atoms with E-state index in [4.69, 9.17) is 6.42 Å². The monoisotopic (exact) mass is 173 g/mol. The molecule has 0 aliphatic heterocycles. The molecular formula is C8H15NOS. The van der Waals surface area contributed by atoms with Crippen LogP contribution in [0.5, 0.6) is 0 Å². The highest BCUT2D eigenvalue weighted by Gasteiger charge is 1.94. The SMILES string of the molecule is C#CC(C)NCCCS(C)=O. The Labute approximate surface area is 71.2 Å². The molecule has 0 aliphatic carbocycles. The number of nitrogens with one attached hydrogen (secondary N) is 1. The van der Waals surface area contributed by atoms with Crippen LogP contribution < -0.4 is 5.32 Å². The van der Waals surface area contributed by atoms with Crippen molar-refractivity contribution in [3.63, 3.8) is 0 Å². The Bertz CT molecular complexity index is 162. The summed E-state index contributed by atoms with van der Waals surface area (Å²) < 4.78 is 10.6. The van der Waals surface area contributed by atoms with Crippen LogP contribution in [0.4, 0.5) is 0 Å². The lowest BCUT2D eigenvalue weighted by atomic mass is 10.3. The molecule has 2 unspecified atom stereocenters. The van der Waals surface area contributed by atoms with Gasteiger partial charge in [0.15, 0.2) is 0 Å². The van der Waals surface area contributed by atoms with Crippen LogP contribution in [0.2, 0.25) is 0 Å². The molecule has 0 radical (unpaired) electrons. The molecule has 2 nitrogen and oxygen atoms in total. The molecular weight excluding hydrogens is 158 g/mol. The second kappa shape index (κ2) is 6.38. The van der Waals surface area contributed by atoms with Gasteiger partial charge in [-0.15, -0.1) is 6.42 Å². The molecule has 2 atom stereocenters. The Hall–Kier alpha value is -0.330. The third kappa shape index (κ3) is 7.57. The number of rotatable bonds is 5. The van der Waals surface area contributed by atoms with E-state index in [1.165, 1.54) is 0 Å². The molecule has 0 aliphatic rings. The number of terminal acetylenes is 1. The van der Waals surface area contributed by atoms with Crippen molar-refractivity contribution in [1.82, 2.24) is 5.32 Å². The van der Waals surface area contributed by atoms with Crippen molar-refractivity contribution in [2.45, 2.75) is 19.4 Å². The predicted molar refractivity (Wildman–Crippen MR) is 49.8 cm³/mol. The maximum atomic E-state index is 10.6. The molecule has 0 saturated carbocycles. The van der Waals surface area contributed by atoms with Crippen molar-refractivity contribution in [3.8, 4) is 12.3 Å². The average Bonchev–Trinajstić information content (AvgIpc) is 1.97. The van der Waals surface area contributed by atoms with Gasteiger partial charge in [0, 0.05) is 22.8 Å². The zero-order valence-electron chi connectivity index (χ0n) is 7.09. The lowest BCUT2D eigenvalue weighted by Crippen LogP contribution is -2.26. The molecule has 3 heteroatoms. The summed E-state index contributed by atoms with van der Waals surface area (Å²) in [5.41, 5.74) is 0. The van der Waals surface area contributed by atoms with E-state index in [2.05, 4.69) is 11.2 Å². The Morgan fingerprint density at radius 2 is 2.36 bits per heavy atom. The van der Waals surface area contributed by atoms with Gasteiger partial charge in [-0.05, 0) is 19.9 Å². The highest BCUT2D eigenvalue weighted by atomic mass is 32.2. The smallest absolute Gasteiger partial charge is 0.0658 e.